The van der Waals surface area contributed by atoms with Gasteiger partial charge in [-0.25, -0.2) is 0 Å². The summed E-state index contributed by atoms with van der Waals surface area (Å²) in [7, 11) is 2.88. The SMILES string of the molecule is CCCCN1[C]N(C)C=C1.[I][Pd][I].c1ccncc1. The van der Waals surface area contributed by atoms with Crippen molar-refractivity contribution in [1.29, 1.82) is 0 Å². The average molecular weight is 578 g/mol. The predicted molar refractivity (Wildman–Crippen MR) is 94.0 cm³/mol. The molecule has 0 bridgehead atoms. The third kappa shape index (κ3) is 13.4. The summed E-state index contributed by atoms with van der Waals surface area (Å²) in [6, 6.07) is 5.72. The Kier molecular flexibility index (Phi) is 15.5. The number of unbranched alkanes of at least 4 members (excludes halogenated alkanes) is 1. The molecule has 0 saturated carbocycles. The van der Waals surface area contributed by atoms with Crippen molar-refractivity contribution in [3.05, 3.63) is 49.7 Å². The summed E-state index contributed by atoms with van der Waals surface area (Å²) in [5, 5.41) is 0. The largest absolute Gasteiger partial charge is 0.265 e. The molecule has 19 heavy (non-hydrogen) atoms. The van der Waals surface area contributed by atoms with E-state index in [0.717, 1.165) is 17.3 Å². The van der Waals surface area contributed by atoms with Crippen LogP contribution in [-0.2, 0) is 10.8 Å². The van der Waals surface area contributed by atoms with E-state index in [1.165, 1.54) is 12.8 Å². The first-order valence-electron chi connectivity index (χ1n) is 5.86. The van der Waals surface area contributed by atoms with Crippen molar-refractivity contribution in [2.45, 2.75) is 19.8 Å². The zero-order valence-electron chi connectivity index (χ0n) is 11.1. The summed E-state index contributed by atoms with van der Waals surface area (Å²) in [4.78, 5) is 7.81. The Morgan fingerprint density at radius 2 is 1.79 bits per heavy atom. The van der Waals surface area contributed by atoms with Gasteiger partial charge < -0.3 is 9.80 Å². The van der Waals surface area contributed by atoms with Crippen molar-refractivity contribution >= 4 is 39.0 Å². The van der Waals surface area contributed by atoms with Crippen molar-refractivity contribution in [2.75, 3.05) is 13.6 Å². The zero-order valence-corrected chi connectivity index (χ0v) is 16.9. The first-order chi connectivity index (χ1) is 9.24. The van der Waals surface area contributed by atoms with Gasteiger partial charge in [-0.05, 0) is 18.6 Å². The maximum Gasteiger partial charge on any atom is 0.0267 e. The van der Waals surface area contributed by atoms with Gasteiger partial charge in [0.1, 0.15) is 0 Å². The molecule has 0 amide bonds. The second kappa shape index (κ2) is 15.0. The summed E-state index contributed by atoms with van der Waals surface area (Å²) in [5.74, 6) is 0. The molecule has 110 valence electrons. The topological polar surface area (TPSA) is 19.4 Å². The van der Waals surface area contributed by atoms with Crippen LogP contribution in [0.1, 0.15) is 19.8 Å². The average Bonchev–Trinajstić information content (AvgIpc) is 2.86. The minimum atomic E-state index is 0.890. The Labute approximate surface area is 146 Å². The van der Waals surface area contributed by atoms with Crippen LogP contribution >= 0.6 is 39.0 Å². The summed E-state index contributed by atoms with van der Waals surface area (Å²) in [6.45, 7) is 6.44. The molecule has 0 aromatic carbocycles. The molecule has 0 unspecified atom stereocenters. The van der Waals surface area contributed by atoms with E-state index in [-0.39, 0.29) is 0 Å². The van der Waals surface area contributed by atoms with Crippen molar-refractivity contribution in [1.82, 2.24) is 14.8 Å². The number of nitrogens with zero attached hydrogens (tertiary/aromatic N) is 3. The van der Waals surface area contributed by atoms with Gasteiger partial charge in [0.05, 0.1) is 0 Å². The van der Waals surface area contributed by atoms with Crippen LogP contribution < -0.4 is 0 Å². The number of pyridine rings is 1. The molecule has 3 nitrogen and oxygen atoms in total. The standard InChI is InChI=1S/C8H14N2.C5H5N.2HI.Pd/c1-3-4-5-10-7-6-9(2)8-10;1-2-4-6-5-3-1;;;/h6-7H,3-5H2,1-2H3;1-5H;2*1H;/q;;;;+2/p-2. The van der Waals surface area contributed by atoms with Gasteiger partial charge >= 0.3 is 49.8 Å². The van der Waals surface area contributed by atoms with Gasteiger partial charge in [0.2, 0.25) is 6.67 Å². The molecule has 2 rings (SSSR count). The van der Waals surface area contributed by atoms with Crippen molar-refractivity contribution < 1.29 is 10.8 Å². The Balaban J connectivity index is 0.000000306. The second-order valence-corrected chi connectivity index (χ2v) is 15.6. The van der Waals surface area contributed by atoms with Crippen LogP contribution in [-0.4, -0.2) is 28.4 Å². The van der Waals surface area contributed by atoms with Crippen molar-refractivity contribution in [3.8, 4) is 0 Å². The van der Waals surface area contributed by atoms with Crippen LogP contribution in [0.25, 0.3) is 0 Å². The minimum Gasteiger partial charge on any atom is -0.265 e. The van der Waals surface area contributed by atoms with E-state index in [2.05, 4.69) is 68.7 Å². The number of hydrogen-bond acceptors (Lipinski definition) is 3. The molecule has 2 radical (unpaired) electrons. The van der Waals surface area contributed by atoms with Crippen LogP contribution in [0.2, 0.25) is 0 Å². The molecule has 1 aromatic heterocycles. The molecule has 0 N–H and O–H groups in total. The molecule has 6 heteroatoms. The first kappa shape index (κ1) is 19.6. The Bertz CT molecular complexity index is 285. The minimum absolute atomic E-state index is 0.890. The quantitative estimate of drug-likeness (QED) is 0.394. The smallest absolute Gasteiger partial charge is 0.0267 e. The van der Waals surface area contributed by atoms with Gasteiger partial charge in [-0.2, -0.15) is 0 Å². The normalized spacial score (nSPS) is 12.6. The van der Waals surface area contributed by atoms with Gasteiger partial charge in [-0.1, -0.05) is 19.4 Å². The fourth-order valence-electron chi connectivity index (χ4n) is 1.22. The molecular weight excluding hydrogens is 558 g/mol. The van der Waals surface area contributed by atoms with Crippen LogP contribution in [0.15, 0.2) is 43.0 Å². The molecule has 1 aliphatic heterocycles. The molecule has 2 heterocycles. The van der Waals surface area contributed by atoms with Gasteiger partial charge in [0.15, 0.2) is 0 Å². The van der Waals surface area contributed by atoms with E-state index < -0.39 is 0 Å². The van der Waals surface area contributed by atoms with Crippen molar-refractivity contribution in [3.63, 3.8) is 0 Å². The Hall–Kier alpha value is 0.612. The number of hydrogen-bond donors (Lipinski definition) is 0. The maximum atomic E-state index is 3.78. The molecular formula is C13H19I2N3Pd. The summed E-state index contributed by atoms with van der Waals surface area (Å²) in [6.07, 6.45) is 10.0. The second-order valence-electron chi connectivity index (χ2n) is 3.63. The maximum absolute atomic E-state index is 3.78. The predicted octanol–water partition coefficient (Wildman–Crippen LogP) is 4.35. The van der Waals surface area contributed by atoms with Gasteiger partial charge in [-0.3, -0.25) is 4.98 Å². The number of halogens is 2. The number of rotatable bonds is 3. The third-order valence-corrected chi connectivity index (χ3v) is 2.08. The Morgan fingerprint density at radius 3 is 2.11 bits per heavy atom. The molecule has 0 atom stereocenters. The van der Waals surface area contributed by atoms with Gasteiger partial charge in [-0.15, -0.1) is 0 Å². The van der Waals surface area contributed by atoms with Crippen molar-refractivity contribution in [2.24, 2.45) is 0 Å². The van der Waals surface area contributed by atoms with Crippen LogP contribution in [0.4, 0.5) is 0 Å². The van der Waals surface area contributed by atoms with E-state index >= 15 is 0 Å². The zero-order chi connectivity index (χ0) is 14.3. The summed E-state index contributed by atoms with van der Waals surface area (Å²) in [5.41, 5.74) is 0. The molecule has 1 aliphatic rings. The van der Waals surface area contributed by atoms with E-state index in [1.54, 1.807) is 12.4 Å². The summed E-state index contributed by atoms with van der Waals surface area (Å²) >= 11 is 4.65. The Morgan fingerprint density at radius 1 is 1.16 bits per heavy atom. The molecule has 1 aromatic rings. The first-order valence-corrected chi connectivity index (χ1v) is 15.1. The van der Waals surface area contributed by atoms with Gasteiger partial charge in [0, 0.05) is 38.4 Å². The van der Waals surface area contributed by atoms with Crippen LogP contribution in [0.5, 0.6) is 0 Å². The molecule has 0 aliphatic carbocycles. The van der Waals surface area contributed by atoms with E-state index in [4.69, 9.17) is 0 Å². The molecule has 0 spiro atoms. The van der Waals surface area contributed by atoms with Crippen LogP contribution in [0.3, 0.4) is 0 Å². The number of aromatic nitrogens is 1. The van der Waals surface area contributed by atoms with Crippen LogP contribution in [0, 0.1) is 6.67 Å². The van der Waals surface area contributed by atoms with Gasteiger partial charge in [0.25, 0.3) is 0 Å². The molecule has 0 fully saturated rings. The monoisotopic (exact) mass is 577 g/mol. The fourth-order valence-corrected chi connectivity index (χ4v) is 1.22. The molecule has 0 saturated heterocycles. The van der Waals surface area contributed by atoms with E-state index in [0.29, 0.717) is 0 Å². The van der Waals surface area contributed by atoms with E-state index in [9.17, 15) is 0 Å². The fraction of sp³-hybridized carbons (Fsp3) is 0.385. The summed E-state index contributed by atoms with van der Waals surface area (Å²) < 4.78 is 0. The van der Waals surface area contributed by atoms with E-state index in [1.807, 2.05) is 36.3 Å². The third-order valence-electron chi connectivity index (χ3n) is 2.08.